The Morgan fingerprint density at radius 3 is 2.28 bits per heavy atom. The van der Waals surface area contributed by atoms with Gasteiger partial charge in [0.05, 0.1) is 12.7 Å². The van der Waals surface area contributed by atoms with Crippen LogP contribution >= 0.6 is 11.3 Å². The van der Waals surface area contributed by atoms with Crippen LogP contribution in [0.4, 0.5) is 8.78 Å². The van der Waals surface area contributed by atoms with E-state index in [0.29, 0.717) is 0 Å². The molecular formula is C22H25F2N3OS+2. The lowest BCUT2D eigenvalue weighted by molar-refractivity contribution is -1.02. The molecule has 2 N–H and O–H groups in total. The number of nitrogens with one attached hydrogen (secondary N) is 2. The van der Waals surface area contributed by atoms with Gasteiger partial charge in [-0.3, -0.25) is 0 Å². The largest absolute Gasteiger partial charge is 0.496 e. The van der Waals surface area contributed by atoms with Crippen molar-refractivity contribution in [1.82, 2.24) is 4.98 Å². The molecule has 0 amide bonds. The third-order valence-electron chi connectivity index (χ3n) is 5.42. The number of rotatable bonds is 6. The summed E-state index contributed by atoms with van der Waals surface area (Å²) in [5, 5.41) is 3.03. The summed E-state index contributed by atoms with van der Waals surface area (Å²) < 4.78 is 32.1. The molecule has 4 nitrogen and oxygen atoms in total. The topological polar surface area (TPSA) is 31.0 Å². The van der Waals surface area contributed by atoms with Crippen LogP contribution in [0.1, 0.15) is 11.3 Å². The molecule has 0 atom stereocenters. The molecule has 4 rings (SSSR count). The van der Waals surface area contributed by atoms with Crippen LogP contribution in [-0.2, 0) is 13.1 Å². The summed E-state index contributed by atoms with van der Waals surface area (Å²) in [4.78, 5) is 7.69. The lowest BCUT2D eigenvalue weighted by atomic mass is 10.1. The summed E-state index contributed by atoms with van der Waals surface area (Å²) in [5.41, 5.74) is 2.96. The molecule has 0 aliphatic carbocycles. The van der Waals surface area contributed by atoms with Crippen molar-refractivity contribution in [2.24, 2.45) is 0 Å². The number of methoxy groups -OCH3 is 1. The number of aromatic nitrogens is 1. The van der Waals surface area contributed by atoms with E-state index in [-0.39, 0.29) is 11.6 Å². The van der Waals surface area contributed by atoms with Crippen LogP contribution in [-0.4, -0.2) is 38.3 Å². The lowest BCUT2D eigenvalue weighted by Gasteiger charge is -2.29. The van der Waals surface area contributed by atoms with Gasteiger partial charge in [0.25, 0.3) is 0 Å². The second kappa shape index (κ2) is 8.98. The first-order valence-corrected chi connectivity index (χ1v) is 10.7. The Kier molecular flexibility index (Phi) is 6.18. The number of ether oxygens (including phenoxy) is 1. The first kappa shape index (κ1) is 19.9. The van der Waals surface area contributed by atoms with Crippen molar-refractivity contribution in [3.05, 3.63) is 70.7 Å². The van der Waals surface area contributed by atoms with Crippen molar-refractivity contribution >= 4 is 11.3 Å². The minimum absolute atomic E-state index is 0.218. The fraction of sp³-hybridized carbons (Fsp3) is 0.318. The van der Waals surface area contributed by atoms with E-state index in [2.05, 4.69) is 5.38 Å². The molecule has 1 aromatic heterocycles. The summed E-state index contributed by atoms with van der Waals surface area (Å²) in [5.74, 6) is 0.306. The van der Waals surface area contributed by atoms with Crippen LogP contribution in [0.5, 0.6) is 5.75 Å². The number of benzene rings is 2. The summed E-state index contributed by atoms with van der Waals surface area (Å²) in [7, 11) is 1.63. The van der Waals surface area contributed by atoms with Gasteiger partial charge in [-0.2, -0.15) is 0 Å². The molecule has 0 saturated carbocycles. The van der Waals surface area contributed by atoms with Crippen molar-refractivity contribution in [2.75, 3.05) is 33.3 Å². The minimum Gasteiger partial charge on any atom is -0.496 e. The highest BCUT2D eigenvalue weighted by Gasteiger charge is 2.25. The Morgan fingerprint density at radius 2 is 1.59 bits per heavy atom. The van der Waals surface area contributed by atoms with Gasteiger partial charge in [0, 0.05) is 10.9 Å². The van der Waals surface area contributed by atoms with Gasteiger partial charge in [-0.25, -0.2) is 13.8 Å². The quantitative estimate of drug-likeness (QED) is 0.638. The van der Waals surface area contributed by atoms with E-state index in [1.807, 2.05) is 0 Å². The molecule has 0 bridgehead atoms. The fourth-order valence-corrected chi connectivity index (χ4v) is 4.66. The summed E-state index contributed by atoms with van der Waals surface area (Å²) in [6.07, 6.45) is 0. The molecule has 7 heteroatoms. The molecule has 2 aromatic carbocycles. The maximum Gasteiger partial charge on any atom is 0.127 e. The predicted molar refractivity (Wildman–Crippen MR) is 109 cm³/mol. The number of thiazole rings is 1. The lowest BCUT2D eigenvalue weighted by Crippen LogP contribution is -3.27. The van der Waals surface area contributed by atoms with Crippen molar-refractivity contribution in [3.8, 4) is 16.3 Å². The Labute approximate surface area is 173 Å². The molecular weight excluding hydrogens is 392 g/mol. The number of nitrogens with zero attached hydrogens (tertiary/aromatic N) is 1. The molecule has 1 fully saturated rings. The zero-order valence-corrected chi connectivity index (χ0v) is 17.2. The first-order chi connectivity index (χ1) is 14.1. The second-order valence-corrected chi connectivity index (χ2v) is 8.32. The van der Waals surface area contributed by atoms with Crippen LogP contribution in [0.25, 0.3) is 10.6 Å². The SMILES string of the molecule is COc1ccc(F)cc1C[NH+]1CC[NH+](Cc2csc(-c3ccc(F)cc3)n2)CC1. The van der Waals surface area contributed by atoms with Crippen molar-refractivity contribution < 1.29 is 23.3 Å². The van der Waals surface area contributed by atoms with Gasteiger partial charge in [0.1, 0.15) is 67.4 Å². The van der Waals surface area contributed by atoms with Gasteiger partial charge in [0.15, 0.2) is 0 Å². The molecule has 1 aliphatic rings. The van der Waals surface area contributed by atoms with Gasteiger partial charge >= 0.3 is 0 Å². The van der Waals surface area contributed by atoms with Gasteiger partial charge < -0.3 is 14.5 Å². The highest BCUT2D eigenvalue weighted by Crippen LogP contribution is 2.23. The van der Waals surface area contributed by atoms with E-state index < -0.39 is 0 Å². The highest BCUT2D eigenvalue weighted by molar-refractivity contribution is 7.13. The third kappa shape index (κ3) is 4.98. The van der Waals surface area contributed by atoms with Crippen molar-refractivity contribution in [3.63, 3.8) is 0 Å². The highest BCUT2D eigenvalue weighted by atomic mass is 32.1. The monoisotopic (exact) mass is 417 g/mol. The van der Waals surface area contributed by atoms with E-state index in [4.69, 9.17) is 9.72 Å². The van der Waals surface area contributed by atoms with Gasteiger partial charge in [-0.05, 0) is 42.5 Å². The van der Waals surface area contributed by atoms with Crippen LogP contribution in [0, 0.1) is 11.6 Å². The fourth-order valence-electron chi connectivity index (χ4n) is 3.83. The van der Waals surface area contributed by atoms with Crippen LogP contribution in [0.3, 0.4) is 0 Å². The Balaban J connectivity index is 1.31. The molecule has 29 heavy (non-hydrogen) atoms. The maximum atomic E-state index is 13.6. The molecule has 0 spiro atoms. The van der Waals surface area contributed by atoms with E-state index in [1.54, 1.807) is 42.7 Å². The average molecular weight is 418 g/mol. The number of quaternary nitrogens is 2. The zero-order valence-electron chi connectivity index (χ0n) is 16.4. The predicted octanol–water partition coefficient (Wildman–Crippen LogP) is 1.58. The Hall–Kier alpha value is -2.35. The van der Waals surface area contributed by atoms with Gasteiger partial charge in [0.2, 0.25) is 0 Å². The summed E-state index contributed by atoms with van der Waals surface area (Å²) in [6.45, 7) is 5.84. The van der Waals surface area contributed by atoms with Gasteiger partial charge in [-0.15, -0.1) is 11.3 Å². The normalized spacial score (nSPS) is 19.3. The molecule has 152 valence electrons. The molecule has 0 unspecified atom stereocenters. The second-order valence-electron chi connectivity index (χ2n) is 7.46. The molecule has 1 aliphatic heterocycles. The Bertz CT molecular complexity index is 953. The number of hydrogen-bond donors (Lipinski definition) is 2. The average Bonchev–Trinajstić information content (AvgIpc) is 3.19. The maximum absolute atomic E-state index is 13.6. The first-order valence-electron chi connectivity index (χ1n) is 9.80. The zero-order chi connectivity index (χ0) is 20.2. The standard InChI is InChI=1S/C22H23F2N3OS/c1-28-21-7-6-19(24)12-17(21)13-26-8-10-27(11-9-26)14-20-15-29-22(25-20)16-2-4-18(23)5-3-16/h2-7,12,15H,8-11,13-14H2,1H3/p+2. The Morgan fingerprint density at radius 1 is 0.931 bits per heavy atom. The minimum atomic E-state index is -0.230. The number of hydrogen-bond acceptors (Lipinski definition) is 3. The van der Waals surface area contributed by atoms with Gasteiger partial charge in [-0.1, -0.05) is 0 Å². The molecule has 1 saturated heterocycles. The number of piperazine rings is 1. The van der Waals surface area contributed by atoms with Crippen LogP contribution in [0.2, 0.25) is 0 Å². The van der Waals surface area contributed by atoms with Crippen molar-refractivity contribution in [2.45, 2.75) is 13.1 Å². The molecule has 2 heterocycles. The van der Waals surface area contributed by atoms with Crippen LogP contribution < -0.4 is 14.5 Å². The smallest absolute Gasteiger partial charge is 0.127 e. The van der Waals surface area contributed by atoms with E-state index in [9.17, 15) is 8.78 Å². The van der Waals surface area contributed by atoms with E-state index in [0.717, 1.165) is 66.8 Å². The molecule has 3 aromatic rings. The van der Waals surface area contributed by atoms with E-state index in [1.165, 1.54) is 28.0 Å². The van der Waals surface area contributed by atoms with Crippen molar-refractivity contribution in [1.29, 1.82) is 0 Å². The van der Waals surface area contributed by atoms with Crippen LogP contribution in [0.15, 0.2) is 47.8 Å². The van der Waals surface area contributed by atoms with E-state index >= 15 is 0 Å². The third-order valence-corrected chi connectivity index (χ3v) is 6.36. The molecule has 0 radical (unpaired) electrons. The summed E-state index contributed by atoms with van der Waals surface area (Å²) >= 11 is 1.60. The summed E-state index contributed by atoms with van der Waals surface area (Å²) in [6, 6.07) is 11.2. The number of halogens is 2.